The van der Waals surface area contributed by atoms with Crippen LogP contribution in [0.3, 0.4) is 0 Å². The van der Waals surface area contributed by atoms with Crippen molar-refractivity contribution in [3.63, 3.8) is 0 Å². The highest BCUT2D eigenvalue weighted by atomic mass is 16.5. The number of carbonyl (C=O) groups excluding carboxylic acids is 1. The molecule has 0 aliphatic carbocycles. The first-order chi connectivity index (χ1) is 12.0. The minimum Gasteiger partial charge on any atom is -0.352 e. The molecule has 3 heterocycles. The number of imidazole rings is 1. The Labute approximate surface area is 151 Å². The van der Waals surface area contributed by atoms with E-state index in [0.717, 1.165) is 51.4 Å². The number of amides is 1. The fraction of sp³-hybridized carbons (Fsp3) is 0.789. The van der Waals surface area contributed by atoms with Gasteiger partial charge in [-0.1, -0.05) is 13.8 Å². The minimum absolute atomic E-state index is 0.105. The highest BCUT2D eigenvalue weighted by Gasteiger charge is 2.47. The molecule has 6 nitrogen and oxygen atoms in total. The molecule has 1 saturated heterocycles. The number of hydrogen-bond donors (Lipinski definition) is 0. The standard InChI is InChI=1S/C19H32N4O2/c1-5-22(6-2)17(24)16-14-23-12-9-20-18(23)19(25-16)7-10-21(11-8-19)13-15(3)4/h9,12,15-16H,5-8,10-11,13-14H2,1-4H3/t16-/m1/s1. The third-order valence-electron chi connectivity index (χ3n) is 5.49. The van der Waals surface area contributed by atoms with Gasteiger partial charge in [0, 0.05) is 45.1 Å². The summed E-state index contributed by atoms with van der Waals surface area (Å²) in [6, 6.07) is 0. The van der Waals surface area contributed by atoms with Crippen LogP contribution in [0, 0.1) is 5.92 Å². The molecule has 1 atom stereocenters. The molecular weight excluding hydrogens is 316 g/mol. The molecule has 3 rings (SSSR count). The van der Waals surface area contributed by atoms with E-state index in [1.54, 1.807) is 0 Å². The van der Waals surface area contributed by atoms with Gasteiger partial charge in [0.05, 0.1) is 6.54 Å². The number of aromatic nitrogens is 2. The monoisotopic (exact) mass is 348 g/mol. The molecule has 1 spiro atoms. The van der Waals surface area contributed by atoms with E-state index in [9.17, 15) is 4.79 Å². The molecule has 2 aliphatic rings. The number of likely N-dealkylation sites (N-methyl/N-ethyl adjacent to an activating group) is 1. The molecule has 0 saturated carbocycles. The molecule has 1 aromatic rings. The maximum absolute atomic E-state index is 12.9. The van der Waals surface area contributed by atoms with Crippen molar-refractivity contribution in [1.82, 2.24) is 19.4 Å². The zero-order chi connectivity index (χ0) is 18.0. The second-order valence-electron chi connectivity index (χ2n) is 7.71. The van der Waals surface area contributed by atoms with Gasteiger partial charge in [0.25, 0.3) is 5.91 Å². The second-order valence-corrected chi connectivity index (χ2v) is 7.71. The number of hydrogen-bond acceptors (Lipinski definition) is 4. The van der Waals surface area contributed by atoms with Crippen LogP contribution < -0.4 is 0 Å². The number of ether oxygens (including phenoxy) is 1. The average molecular weight is 348 g/mol. The van der Waals surface area contributed by atoms with Crippen molar-refractivity contribution in [1.29, 1.82) is 0 Å². The fourth-order valence-corrected chi connectivity index (χ4v) is 4.22. The molecular formula is C19H32N4O2. The molecule has 0 aromatic carbocycles. The third kappa shape index (κ3) is 3.60. The van der Waals surface area contributed by atoms with Crippen LogP contribution >= 0.6 is 0 Å². The van der Waals surface area contributed by atoms with Crippen molar-refractivity contribution in [2.45, 2.75) is 58.8 Å². The molecule has 6 heteroatoms. The van der Waals surface area contributed by atoms with Crippen LogP contribution in [0.1, 0.15) is 46.4 Å². The van der Waals surface area contributed by atoms with Gasteiger partial charge >= 0.3 is 0 Å². The van der Waals surface area contributed by atoms with Gasteiger partial charge in [0.1, 0.15) is 11.4 Å². The Morgan fingerprint density at radius 3 is 2.64 bits per heavy atom. The Morgan fingerprint density at radius 2 is 2.04 bits per heavy atom. The molecule has 0 bridgehead atoms. The second kappa shape index (κ2) is 7.46. The molecule has 0 unspecified atom stereocenters. The lowest BCUT2D eigenvalue weighted by molar-refractivity contribution is -0.181. The highest BCUT2D eigenvalue weighted by Crippen LogP contribution is 2.40. The molecule has 1 fully saturated rings. The van der Waals surface area contributed by atoms with Crippen LogP contribution in [0.4, 0.5) is 0 Å². The van der Waals surface area contributed by atoms with E-state index in [1.807, 2.05) is 31.1 Å². The number of fused-ring (bicyclic) bond motifs is 2. The van der Waals surface area contributed by atoms with Crippen molar-refractivity contribution >= 4 is 5.91 Å². The van der Waals surface area contributed by atoms with E-state index in [1.165, 1.54) is 0 Å². The highest BCUT2D eigenvalue weighted by molar-refractivity contribution is 5.81. The van der Waals surface area contributed by atoms with Crippen molar-refractivity contribution in [3.05, 3.63) is 18.2 Å². The Kier molecular flexibility index (Phi) is 5.49. The lowest BCUT2D eigenvalue weighted by atomic mass is 9.88. The number of rotatable bonds is 5. The van der Waals surface area contributed by atoms with Crippen LogP contribution in [0.25, 0.3) is 0 Å². The quantitative estimate of drug-likeness (QED) is 0.818. The molecule has 25 heavy (non-hydrogen) atoms. The van der Waals surface area contributed by atoms with Gasteiger partial charge in [-0.2, -0.15) is 0 Å². The van der Waals surface area contributed by atoms with Crippen LogP contribution in [-0.2, 0) is 21.7 Å². The summed E-state index contributed by atoms with van der Waals surface area (Å²) < 4.78 is 8.63. The average Bonchev–Trinajstić information content (AvgIpc) is 3.07. The SMILES string of the molecule is CCN(CC)C(=O)[C@H]1Cn2ccnc2C2(CCN(CC(C)C)CC2)O1. The van der Waals surface area contributed by atoms with Gasteiger partial charge in [-0.05, 0) is 32.6 Å². The Hall–Kier alpha value is -1.40. The summed E-state index contributed by atoms with van der Waals surface area (Å²) in [6.07, 6.45) is 5.23. The summed E-state index contributed by atoms with van der Waals surface area (Å²) >= 11 is 0. The van der Waals surface area contributed by atoms with Gasteiger partial charge < -0.3 is 19.1 Å². The molecule has 0 radical (unpaired) electrons. The van der Waals surface area contributed by atoms with Crippen molar-refractivity contribution in [2.24, 2.45) is 5.92 Å². The maximum atomic E-state index is 12.9. The van der Waals surface area contributed by atoms with Crippen LogP contribution in [-0.4, -0.2) is 64.1 Å². The Morgan fingerprint density at radius 1 is 1.36 bits per heavy atom. The minimum atomic E-state index is -0.414. The van der Waals surface area contributed by atoms with Crippen LogP contribution in [0.15, 0.2) is 12.4 Å². The number of piperidine rings is 1. The van der Waals surface area contributed by atoms with Crippen molar-refractivity contribution in [2.75, 3.05) is 32.7 Å². The van der Waals surface area contributed by atoms with E-state index >= 15 is 0 Å². The van der Waals surface area contributed by atoms with E-state index < -0.39 is 11.7 Å². The summed E-state index contributed by atoms with van der Waals surface area (Å²) in [5.41, 5.74) is -0.414. The summed E-state index contributed by atoms with van der Waals surface area (Å²) in [7, 11) is 0. The van der Waals surface area contributed by atoms with Crippen LogP contribution in [0.2, 0.25) is 0 Å². The molecule has 1 aromatic heterocycles. The zero-order valence-electron chi connectivity index (χ0n) is 16.1. The Balaban J connectivity index is 1.79. The lowest BCUT2D eigenvalue weighted by Crippen LogP contribution is -2.54. The topological polar surface area (TPSA) is 50.6 Å². The van der Waals surface area contributed by atoms with E-state index in [4.69, 9.17) is 4.74 Å². The third-order valence-corrected chi connectivity index (χ3v) is 5.49. The normalized spacial score (nSPS) is 23.0. The van der Waals surface area contributed by atoms with E-state index in [2.05, 4.69) is 28.3 Å². The molecule has 2 aliphatic heterocycles. The first-order valence-corrected chi connectivity index (χ1v) is 9.69. The van der Waals surface area contributed by atoms with Crippen molar-refractivity contribution < 1.29 is 9.53 Å². The maximum Gasteiger partial charge on any atom is 0.253 e. The van der Waals surface area contributed by atoms with Crippen molar-refractivity contribution in [3.8, 4) is 0 Å². The smallest absolute Gasteiger partial charge is 0.253 e. The van der Waals surface area contributed by atoms with Gasteiger partial charge in [-0.15, -0.1) is 0 Å². The van der Waals surface area contributed by atoms with E-state index in [-0.39, 0.29) is 5.91 Å². The number of carbonyl (C=O) groups is 1. The molecule has 0 N–H and O–H groups in total. The first kappa shape index (κ1) is 18.4. The summed E-state index contributed by atoms with van der Waals surface area (Å²) in [6.45, 7) is 13.7. The number of nitrogens with zero attached hydrogens (tertiary/aromatic N) is 4. The van der Waals surface area contributed by atoms with Gasteiger partial charge in [0.2, 0.25) is 0 Å². The predicted octanol–water partition coefficient (Wildman–Crippen LogP) is 2.10. The van der Waals surface area contributed by atoms with Crippen LogP contribution in [0.5, 0.6) is 0 Å². The van der Waals surface area contributed by atoms with Gasteiger partial charge in [-0.25, -0.2) is 4.98 Å². The Bertz CT molecular complexity index is 586. The lowest BCUT2D eigenvalue weighted by Gasteiger charge is -2.46. The number of likely N-dealkylation sites (tertiary alicyclic amines) is 1. The van der Waals surface area contributed by atoms with E-state index in [0.29, 0.717) is 12.5 Å². The molecule has 1 amide bonds. The van der Waals surface area contributed by atoms with Gasteiger partial charge in [-0.3, -0.25) is 4.79 Å². The summed E-state index contributed by atoms with van der Waals surface area (Å²) in [5, 5.41) is 0. The summed E-state index contributed by atoms with van der Waals surface area (Å²) in [5.74, 6) is 1.77. The predicted molar refractivity (Wildman–Crippen MR) is 97.2 cm³/mol. The first-order valence-electron chi connectivity index (χ1n) is 9.69. The molecule has 140 valence electrons. The summed E-state index contributed by atoms with van der Waals surface area (Å²) in [4.78, 5) is 21.8. The zero-order valence-corrected chi connectivity index (χ0v) is 16.1. The van der Waals surface area contributed by atoms with Gasteiger partial charge in [0.15, 0.2) is 6.10 Å². The largest absolute Gasteiger partial charge is 0.352 e. The fourth-order valence-electron chi connectivity index (χ4n) is 4.22.